The molecule has 2 atom stereocenters. The standard InChI is InChI=1S/C20H22N6O2/c1-12-21-19-14(20(28)22-12)7-6-13-10-25(11-15(13)19)18(27)8-9-26-17-5-3-2-4-16(17)23-24-26/h2-5,13,15H,6-11H2,1H3,(H,21,22,28)/t13-,15+/m1/s1. The van der Waals surface area contributed by atoms with Crippen molar-refractivity contribution in [2.45, 2.75) is 38.6 Å². The lowest BCUT2D eigenvalue weighted by Gasteiger charge is -2.25. The first-order valence-corrected chi connectivity index (χ1v) is 9.76. The van der Waals surface area contributed by atoms with E-state index in [0.717, 1.165) is 41.7 Å². The molecule has 2 aromatic heterocycles. The third-order valence-electron chi connectivity index (χ3n) is 6.03. The summed E-state index contributed by atoms with van der Waals surface area (Å²) in [7, 11) is 0. The molecule has 0 radical (unpaired) electrons. The topological polar surface area (TPSA) is 96.8 Å². The molecule has 1 aliphatic carbocycles. The number of carbonyl (C=O) groups is 1. The van der Waals surface area contributed by atoms with Crippen molar-refractivity contribution in [3.8, 4) is 0 Å². The van der Waals surface area contributed by atoms with E-state index < -0.39 is 0 Å². The van der Waals surface area contributed by atoms with Gasteiger partial charge in [0.15, 0.2) is 0 Å². The van der Waals surface area contributed by atoms with Crippen molar-refractivity contribution in [3.05, 3.63) is 51.7 Å². The van der Waals surface area contributed by atoms with Crippen molar-refractivity contribution in [2.75, 3.05) is 13.1 Å². The van der Waals surface area contributed by atoms with E-state index in [2.05, 4.69) is 20.3 Å². The highest BCUT2D eigenvalue weighted by Gasteiger charge is 2.41. The number of nitrogens with one attached hydrogen (secondary N) is 1. The number of amides is 1. The second kappa shape index (κ2) is 6.54. The van der Waals surface area contributed by atoms with Gasteiger partial charge in [-0.25, -0.2) is 9.67 Å². The second-order valence-corrected chi connectivity index (χ2v) is 7.77. The summed E-state index contributed by atoms with van der Waals surface area (Å²) in [6, 6.07) is 7.76. The summed E-state index contributed by atoms with van der Waals surface area (Å²) in [6.07, 6.45) is 2.07. The first-order valence-electron chi connectivity index (χ1n) is 9.76. The molecule has 0 spiro atoms. The SMILES string of the molecule is Cc1nc2c(c(=O)[nH]1)CC[C@@H]1CN(C(=O)CCn3nnc4ccccc43)C[C@H]21. The Hall–Kier alpha value is -3.03. The summed E-state index contributed by atoms with van der Waals surface area (Å²) in [4.78, 5) is 34.4. The Bertz CT molecular complexity index is 1120. The van der Waals surface area contributed by atoms with Crippen LogP contribution in [0.4, 0.5) is 0 Å². The molecule has 0 saturated carbocycles. The van der Waals surface area contributed by atoms with Crippen molar-refractivity contribution in [1.29, 1.82) is 0 Å². The van der Waals surface area contributed by atoms with Gasteiger partial charge in [0.25, 0.3) is 5.56 Å². The number of hydrogen-bond donors (Lipinski definition) is 1. The molecular weight excluding hydrogens is 356 g/mol. The fourth-order valence-electron chi connectivity index (χ4n) is 4.63. The van der Waals surface area contributed by atoms with E-state index in [-0.39, 0.29) is 17.4 Å². The van der Waals surface area contributed by atoms with E-state index in [4.69, 9.17) is 0 Å². The van der Waals surface area contributed by atoms with Crippen molar-refractivity contribution in [2.24, 2.45) is 5.92 Å². The number of benzene rings is 1. The largest absolute Gasteiger partial charge is 0.342 e. The number of aryl methyl sites for hydroxylation is 2. The molecule has 1 amide bonds. The van der Waals surface area contributed by atoms with E-state index in [1.807, 2.05) is 36.1 Å². The van der Waals surface area contributed by atoms with E-state index in [9.17, 15) is 9.59 Å². The lowest BCUT2D eigenvalue weighted by Crippen LogP contribution is -2.30. The Labute approximate surface area is 161 Å². The Morgan fingerprint density at radius 2 is 2.14 bits per heavy atom. The summed E-state index contributed by atoms with van der Waals surface area (Å²) < 4.78 is 1.79. The predicted molar refractivity (Wildman–Crippen MR) is 103 cm³/mol. The molecule has 3 aromatic rings. The van der Waals surface area contributed by atoms with Gasteiger partial charge in [0, 0.05) is 31.0 Å². The van der Waals surface area contributed by atoms with Crippen LogP contribution in [-0.4, -0.2) is 48.9 Å². The van der Waals surface area contributed by atoms with Gasteiger partial charge in [0.1, 0.15) is 11.3 Å². The third kappa shape index (κ3) is 2.80. The van der Waals surface area contributed by atoms with Gasteiger partial charge < -0.3 is 9.88 Å². The average Bonchev–Trinajstić information content (AvgIpc) is 3.30. The minimum atomic E-state index is -0.0243. The van der Waals surface area contributed by atoms with Gasteiger partial charge >= 0.3 is 0 Å². The van der Waals surface area contributed by atoms with Gasteiger partial charge in [-0.05, 0) is 37.8 Å². The molecule has 8 nitrogen and oxygen atoms in total. The molecule has 8 heteroatoms. The van der Waals surface area contributed by atoms with Gasteiger partial charge in [0.2, 0.25) is 5.91 Å². The monoisotopic (exact) mass is 378 g/mol. The third-order valence-corrected chi connectivity index (χ3v) is 6.03. The van der Waals surface area contributed by atoms with Gasteiger partial charge in [-0.15, -0.1) is 5.10 Å². The zero-order valence-electron chi connectivity index (χ0n) is 15.8. The molecule has 1 saturated heterocycles. The van der Waals surface area contributed by atoms with Crippen LogP contribution in [0.5, 0.6) is 0 Å². The molecule has 144 valence electrons. The maximum atomic E-state index is 12.8. The Morgan fingerprint density at radius 3 is 3.04 bits per heavy atom. The van der Waals surface area contributed by atoms with E-state index in [0.29, 0.717) is 31.3 Å². The number of nitrogens with zero attached hydrogens (tertiary/aromatic N) is 5. The fourth-order valence-corrected chi connectivity index (χ4v) is 4.63. The lowest BCUT2D eigenvalue weighted by molar-refractivity contribution is -0.130. The van der Waals surface area contributed by atoms with Gasteiger partial charge in [0.05, 0.1) is 17.8 Å². The van der Waals surface area contributed by atoms with Gasteiger partial charge in [-0.2, -0.15) is 0 Å². The quantitative estimate of drug-likeness (QED) is 0.743. The van der Waals surface area contributed by atoms with Crippen molar-refractivity contribution >= 4 is 16.9 Å². The number of fused-ring (bicyclic) bond motifs is 4. The van der Waals surface area contributed by atoms with Crippen LogP contribution >= 0.6 is 0 Å². The molecule has 1 aliphatic heterocycles. The molecular formula is C20H22N6O2. The summed E-state index contributed by atoms with van der Waals surface area (Å²) in [5, 5.41) is 8.30. The smallest absolute Gasteiger partial charge is 0.254 e. The number of aromatic nitrogens is 5. The van der Waals surface area contributed by atoms with Crippen LogP contribution < -0.4 is 5.56 Å². The molecule has 2 aliphatic rings. The maximum Gasteiger partial charge on any atom is 0.254 e. The first kappa shape index (κ1) is 17.1. The number of likely N-dealkylation sites (tertiary alicyclic amines) is 1. The number of carbonyl (C=O) groups excluding carboxylic acids is 1. The highest BCUT2D eigenvalue weighted by atomic mass is 16.2. The zero-order chi connectivity index (χ0) is 19.3. The van der Waals surface area contributed by atoms with Crippen LogP contribution in [0.3, 0.4) is 0 Å². The first-order chi connectivity index (χ1) is 13.6. The van der Waals surface area contributed by atoms with Crippen LogP contribution in [-0.2, 0) is 17.8 Å². The summed E-state index contributed by atoms with van der Waals surface area (Å²) in [6.45, 7) is 3.71. The minimum Gasteiger partial charge on any atom is -0.342 e. The number of aromatic amines is 1. The molecule has 3 heterocycles. The Kier molecular flexibility index (Phi) is 3.99. The molecule has 5 rings (SSSR count). The van der Waals surface area contributed by atoms with Gasteiger partial charge in [-0.1, -0.05) is 17.3 Å². The Morgan fingerprint density at radius 1 is 1.29 bits per heavy atom. The van der Waals surface area contributed by atoms with Crippen molar-refractivity contribution < 1.29 is 4.79 Å². The summed E-state index contributed by atoms with van der Waals surface area (Å²) in [5.74, 6) is 1.32. The van der Waals surface area contributed by atoms with E-state index in [1.165, 1.54) is 0 Å². The number of para-hydroxylation sites is 1. The number of rotatable bonds is 3. The molecule has 0 bridgehead atoms. The number of hydrogen-bond acceptors (Lipinski definition) is 5. The Balaban J connectivity index is 1.30. The molecule has 0 unspecified atom stereocenters. The molecule has 1 aromatic carbocycles. The van der Waals surface area contributed by atoms with Crippen LogP contribution in [0.25, 0.3) is 11.0 Å². The molecule has 1 N–H and O–H groups in total. The number of H-pyrrole nitrogens is 1. The van der Waals surface area contributed by atoms with E-state index >= 15 is 0 Å². The fraction of sp³-hybridized carbons (Fsp3) is 0.450. The summed E-state index contributed by atoms with van der Waals surface area (Å²) in [5.41, 5.74) is 3.46. The van der Waals surface area contributed by atoms with Crippen molar-refractivity contribution in [1.82, 2.24) is 29.9 Å². The molecule has 1 fully saturated rings. The average molecular weight is 378 g/mol. The highest BCUT2D eigenvalue weighted by molar-refractivity contribution is 5.77. The summed E-state index contributed by atoms with van der Waals surface area (Å²) >= 11 is 0. The lowest BCUT2D eigenvalue weighted by atomic mass is 9.80. The van der Waals surface area contributed by atoms with Crippen LogP contribution in [0.1, 0.15) is 35.8 Å². The maximum absolute atomic E-state index is 12.8. The highest BCUT2D eigenvalue weighted by Crippen LogP contribution is 2.39. The van der Waals surface area contributed by atoms with E-state index in [1.54, 1.807) is 4.68 Å². The molecule has 28 heavy (non-hydrogen) atoms. The second-order valence-electron chi connectivity index (χ2n) is 7.77. The zero-order valence-corrected chi connectivity index (χ0v) is 15.8. The van der Waals surface area contributed by atoms with Crippen LogP contribution in [0.2, 0.25) is 0 Å². The predicted octanol–water partition coefficient (Wildman–Crippen LogP) is 1.40. The van der Waals surface area contributed by atoms with Crippen LogP contribution in [0, 0.1) is 12.8 Å². The van der Waals surface area contributed by atoms with Gasteiger partial charge in [-0.3, -0.25) is 9.59 Å². The van der Waals surface area contributed by atoms with Crippen molar-refractivity contribution in [3.63, 3.8) is 0 Å². The minimum absolute atomic E-state index is 0.0243. The van der Waals surface area contributed by atoms with Crippen LogP contribution in [0.15, 0.2) is 29.1 Å². The normalized spacial score (nSPS) is 21.0.